The molecule has 0 unspecified atom stereocenters. The molecule has 26 heavy (non-hydrogen) atoms. The molecule has 1 N–H and O–H groups in total. The Morgan fingerprint density at radius 1 is 0.923 bits per heavy atom. The van der Waals surface area contributed by atoms with Crippen LogP contribution in [0.25, 0.3) is 0 Å². The lowest BCUT2D eigenvalue weighted by molar-refractivity contribution is 0.306. The summed E-state index contributed by atoms with van der Waals surface area (Å²) in [6, 6.07) is 23.1. The SMILES string of the molecule is Clc1cccc(COc2ccccc2/C=N\NCc2ccccc2Cl)c1. The first kappa shape index (κ1) is 18.3. The van der Waals surface area contributed by atoms with Crippen molar-refractivity contribution in [3.63, 3.8) is 0 Å². The molecule has 0 saturated carbocycles. The average molecular weight is 385 g/mol. The predicted molar refractivity (Wildman–Crippen MR) is 108 cm³/mol. The summed E-state index contributed by atoms with van der Waals surface area (Å²) >= 11 is 12.1. The molecule has 0 atom stereocenters. The van der Waals surface area contributed by atoms with Gasteiger partial charge in [0.05, 0.1) is 12.8 Å². The molecule has 0 saturated heterocycles. The van der Waals surface area contributed by atoms with Crippen LogP contribution in [0, 0.1) is 0 Å². The lowest BCUT2D eigenvalue weighted by Crippen LogP contribution is -2.06. The monoisotopic (exact) mass is 384 g/mol. The molecule has 0 fully saturated rings. The van der Waals surface area contributed by atoms with Gasteiger partial charge < -0.3 is 10.2 Å². The largest absolute Gasteiger partial charge is 0.488 e. The quantitative estimate of drug-likeness (QED) is 0.418. The summed E-state index contributed by atoms with van der Waals surface area (Å²) in [6.07, 6.45) is 1.74. The highest BCUT2D eigenvalue weighted by Crippen LogP contribution is 2.19. The highest BCUT2D eigenvalue weighted by molar-refractivity contribution is 6.31. The first-order valence-corrected chi connectivity index (χ1v) is 8.93. The van der Waals surface area contributed by atoms with Crippen LogP contribution in [-0.2, 0) is 13.2 Å². The number of hydrogen-bond acceptors (Lipinski definition) is 3. The number of halogens is 2. The van der Waals surface area contributed by atoms with Crippen molar-refractivity contribution in [1.82, 2.24) is 5.43 Å². The zero-order valence-electron chi connectivity index (χ0n) is 14.0. The van der Waals surface area contributed by atoms with Crippen molar-refractivity contribution in [2.24, 2.45) is 5.10 Å². The van der Waals surface area contributed by atoms with E-state index in [0.717, 1.165) is 27.5 Å². The number of nitrogens with zero attached hydrogens (tertiary/aromatic N) is 1. The third-order valence-corrected chi connectivity index (χ3v) is 4.33. The number of ether oxygens (including phenoxy) is 1. The second-order valence-electron chi connectivity index (χ2n) is 5.64. The van der Waals surface area contributed by atoms with Gasteiger partial charge in [-0.25, -0.2) is 0 Å². The number of para-hydroxylation sites is 1. The fourth-order valence-electron chi connectivity index (χ4n) is 2.39. The van der Waals surface area contributed by atoms with Gasteiger partial charge in [-0.2, -0.15) is 5.10 Å². The van der Waals surface area contributed by atoms with Gasteiger partial charge in [-0.3, -0.25) is 0 Å². The molecule has 0 amide bonds. The molecular weight excluding hydrogens is 367 g/mol. The Labute approximate surface area is 163 Å². The minimum Gasteiger partial charge on any atom is -0.488 e. The van der Waals surface area contributed by atoms with Crippen molar-refractivity contribution in [3.8, 4) is 5.75 Å². The van der Waals surface area contributed by atoms with Crippen LogP contribution in [0.2, 0.25) is 10.0 Å². The number of hydrazone groups is 1. The summed E-state index contributed by atoms with van der Waals surface area (Å²) in [5.74, 6) is 0.760. The van der Waals surface area contributed by atoms with Gasteiger partial charge in [-0.15, -0.1) is 0 Å². The molecule has 5 heteroatoms. The van der Waals surface area contributed by atoms with Gasteiger partial charge in [0.25, 0.3) is 0 Å². The van der Waals surface area contributed by atoms with E-state index < -0.39 is 0 Å². The second kappa shape index (κ2) is 9.27. The van der Waals surface area contributed by atoms with Gasteiger partial charge in [0.1, 0.15) is 12.4 Å². The zero-order chi connectivity index (χ0) is 18.2. The molecule has 3 aromatic rings. The summed E-state index contributed by atoms with van der Waals surface area (Å²) in [7, 11) is 0. The Bertz CT molecular complexity index is 896. The van der Waals surface area contributed by atoms with Gasteiger partial charge in [0, 0.05) is 15.6 Å². The maximum atomic E-state index is 6.13. The van der Waals surface area contributed by atoms with Crippen molar-refractivity contribution in [2.75, 3.05) is 0 Å². The summed E-state index contributed by atoms with van der Waals surface area (Å²) < 4.78 is 5.91. The molecule has 3 nitrogen and oxygen atoms in total. The topological polar surface area (TPSA) is 33.6 Å². The Morgan fingerprint density at radius 2 is 1.73 bits per heavy atom. The molecule has 0 radical (unpaired) electrons. The van der Waals surface area contributed by atoms with Crippen molar-refractivity contribution in [3.05, 3.63) is 99.5 Å². The van der Waals surface area contributed by atoms with Crippen molar-refractivity contribution in [1.29, 1.82) is 0 Å². The Kier molecular flexibility index (Phi) is 6.53. The van der Waals surface area contributed by atoms with E-state index >= 15 is 0 Å². The minimum atomic E-state index is 0.443. The van der Waals surface area contributed by atoms with Gasteiger partial charge >= 0.3 is 0 Å². The number of benzene rings is 3. The number of hydrogen-bond donors (Lipinski definition) is 1. The van der Waals surface area contributed by atoms with Gasteiger partial charge in [-0.1, -0.05) is 65.7 Å². The van der Waals surface area contributed by atoms with E-state index in [0.29, 0.717) is 18.2 Å². The number of nitrogens with one attached hydrogen (secondary N) is 1. The Balaban J connectivity index is 1.60. The first-order chi connectivity index (χ1) is 12.7. The smallest absolute Gasteiger partial charge is 0.128 e. The third kappa shape index (κ3) is 5.25. The molecule has 132 valence electrons. The van der Waals surface area contributed by atoms with Crippen molar-refractivity contribution >= 4 is 29.4 Å². The molecule has 3 rings (SSSR count). The van der Waals surface area contributed by atoms with Crippen LogP contribution in [0.1, 0.15) is 16.7 Å². The van der Waals surface area contributed by atoms with Crippen LogP contribution in [-0.4, -0.2) is 6.21 Å². The maximum Gasteiger partial charge on any atom is 0.128 e. The van der Waals surface area contributed by atoms with E-state index in [1.165, 1.54) is 0 Å². The average Bonchev–Trinajstić information content (AvgIpc) is 2.66. The van der Waals surface area contributed by atoms with Crippen LogP contribution in [0.5, 0.6) is 5.75 Å². The molecular formula is C21H18Cl2N2O. The van der Waals surface area contributed by atoms with E-state index in [4.69, 9.17) is 27.9 Å². The Hall–Kier alpha value is -2.49. The lowest BCUT2D eigenvalue weighted by Gasteiger charge is -2.09. The van der Waals surface area contributed by atoms with Crippen molar-refractivity contribution < 1.29 is 4.74 Å². The molecule has 0 aliphatic rings. The predicted octanol–water partition coefficient (Wildman–Crippen LogP) is 5.70. The van der Waals surface area contributed by atoms with Crippen LogP contribution >= 0.6 is 23.2 Å². The summed E-state index contributed by atoms with van der Waals surface area (Å²) in [5, 5.41) is 5.69. The second-order valence-corrected chi connectivity index (χ2v) is 6.48. The van der Waals surface area contributed by atoms with Crippen LogP contribution in [0.3, 0.4) is 0 Å². The highest BCUT2D eigenvalue weighted by Gasteiger charge is 2.02. The van der Waals surface area contributed by atoms with Gasteiger partial charge in [-0.05, 0) is 41.5 Å². The summed E-state index contributed by atoms with van der Waals surface area (Å²) in [4.78, 5) is 0. The molecule has 0 aliphatic heterocycles. The molecule has 0 heterocycles. The van der Waals surface area contributed by atoms with E-state index in [2.05, 4.69) is 10.5 Å². The van der Waals surface area contributed by atoms with Crippen LogP contribution in [0.15, 0.2) is 77.9 Å². The fourth-order valence-corrected chi connectivity index (χ4v) is 2.81. The highest BCUT2D eigenvalue weighted by atomic mass is 35.5. The van der Waals surface area contributed by atoms with Crippen LogP contribution < -0.4 is 10.2 Å². The maximum absolute atomic E-state index is 6.13. The Morgan fingerprint density at radius 3 is 2.58 bits per heavy atom. The van der Waals surface area contributed by atoms with E-state index in [1.54, 1.807) is 6.21 Å². The van der Waals surface area contributed by atoms with Gasteiger partial charge in [0.2, 0.25) is 0 Å². The first-order valence-electron chi connectivity index (χ1n) is 8.18. The number of rotatable bonds is 7. The summed E-state index contributed by atoms with van der Waals surface area (Å²) in [5.41, 5.74) is 5.91. The van der Waals surface area contributed by atoms with E-state index in [-0.39, 0.29) is 0 Å². The third-order valence-electron chi connectivity index (χ3n) is 3.72. The summed E-state index contributed by atoms with van der Waals surface area (Å²) in [6.45, 7) is 1.00. The zero-order valence-corrected chi connectivity index (χ0v) is 15.5. The normalized spacial score (nSPS) is 10.8. The minimum absolute atomic E-state index is 0.443. The van der Waals surface area contributed by atoms with E-state index in [1.807, 2.05) is 72.8 Å². The molecule has 0 aromatic heterocycles. The lowest BCUT2D eigenvalue weighted by atomic mass is 10.2. The molecule has 3 aromatic carbocycles. The van der Waals surface area contributed by atoms with Gasteiger partial charge in [0.15, 0.2) is 0 Å². The molecule has 0 aliphatic carbocycles. The van der Waals surface area contributed by atoms with Crippen molar-refractivity contribution in [2.45, 2.75) is 13.2 Å². The standard InChI is InChI=1S/C21H18Cl2N2O/c22-19-9-5-6-16(12-19)15-26-21-11-4-2-8-18(21)14-25-24-13-17-7-1-3-10-20(17)23/h1-12,14,24H,13,15H2/b25-14-. The molecule has 0 bridgehead atoms. The van der Waals surface area contributed by atoms with E-state index in [9.17, 15) is 0 Å². The van der Waals surface area contributed by atoms with Crippen LogP contribution in [0.4, 0.5) is 0 Å². The molecule has 0 spiro atoms. The fraction of sp³-hybridized carbons (Fsp3) is 0.0952.